The van der Waals surface area contributed by atoms with E-state index in [0.717, 1.165) is 43.7 Å². The van der Waals surface area contributed by atoms with Gasteiger partial charge in [-0.1, -0.05) is 83.0 Å². The lowest BCUT2D eigenvalue weighted by atomic mass is 10.0. The van der Waals surface area contributed by atoms with E-state index in [1.54, 1.807) is 18.2 Å². The SMILES string of the molecule is CC[C@H](C)NC(=O)[C@@H](Cc1ccccc1)N(Cc1ccc(C)cc1)C(=O)CN(c1ccc(Br)c(C)c1)S(C)(=O)=O. The maximum Gasteiger partial charge on any atom is 0.244 e. The summed E-state index contributed by atoms with van der Waals surface area (Å²) in [6.07, 6.45) is 2.11. The summed E-state index contributed by atoms with van der Waals surface area (Å²) in [6.45, 7) is 7.46. The van der Waals surface area contributed by atoms with Crippen molar-refractivity contribution in [2.75, 3.05) is 17.1 Å². The molecule has 0 fully saturated rings. The lowest BCUT2D eigenvalue weighted by Crippen LogP contribution is -2.54. The summed E-state index contributed by atoms with van der Waals surface area (Å²) in [6, 6.07) is 21.5. The second kappa shape index (κ2) is 13.9. The van der Waals surface area contributed by atoms with Gasteiger partial charge in [-0.3, -0.25) is 13.9 Å². The van der Waals surface area contributed by atoms with Crippen molar-refractivity contribution in [1.29, 1.82) is 0 Å². The lowest BCUT2D eigenvalue weighted by molar-refractivity contribution is -0.140. The molecule has 0 aliphatic rings. The smallest absolute Gasteiger partial charge is 0.244 e. The molecule has 0 spiro atoms. The van der Waals surface area contributed by atoms with Gasteiger partial charge >= 0.3 is 0 Å². The Bertz CT molecular complexity index is 1410. The molecule has 0 aliphatic heterocycles. The third kappa shape index (κ3) is 8.66. The summed E-state index contributed by atoms with van der Waals surface area (Å²) in [5.74, 6) is -0.740. The molecule has 0 saturated heterocycles. The van der Waals surface area contributed by atoms with Crippen LogP contribution in [0.5, 0.6) is 0 Å². The van der Waals surface area contributed by atoms with Crippen molar-refractivity contribution < 1.29 is 18.0 Å². The van der Waals surface area contributed by atoms with E-state index in [1.807, 2.05) is 82.3 Å². The molecule has 7 nitrogen and oxygen atoms in total. The van der Waals surface area contributed by atoms with Gasteiger partial charge in [-0.2, -0.15) is 0 Å². The van der Waals surface area contributed by atoms with Crippen molar-refractivity contribution in [2.24, 2.45) is 0 Å². The minimum atomic E-state index is -3.81. The fourth-order valence-corrected chi connectivity index (χ4v) is 5.37. The van der Waals surface area contributed by atoms with Gasteiger partial charge in [0.15, 0.2) is 0 Å². The van der Waals surface area contributed by atoms with Gasteiger partial charge in [0.05, 0.1) is 11.9 Å². The number of nitrogens with one attached hydrogen (secondary N) is 1. The normalized spacial score (nSPS) is 12.8. The minimum absolute atomic E-state index is 0.0830. The average molecular weight is 629 g/mol. The molecule has 1 N–H and O–H groups in total. The molecule has 2 amide bonds. The third-order valence-electron chi connectivity index (χ3n) is 6.85. The predicted molar refractivity (Wildman–Crippen MR) is 165 cm³/mol. The summed E-state index contributed by atoms with van der Waals surface area (Å²) in [5, 5.41) is 3.04. The van der Waals surface area contributed by atoms with Gasteiger partial charge in [-0.15, -0.1) is 0 Å². The van der Waals surface area contributed by atoms with Crippen LogP contribution >= 0.6 is 15.9 Å². The zero-order valence-corrected chi connectivity index (χ0v) is 26.1. The molecule has 0 saturated carbocycles. The van der Waals surface area contributed by atoms with E-state index in [4.69, 9.17) is 0 Å². The molecule has 0 bridgehead atoms. The van der Waals surface area contributed by atoms with Crippen LogP contribution in [-0.2, 0) is 32.6 Å². The fourth-order valence-electron chi connectivity index (χ4n) is 4.28. The van der Waals surface area contributed by atoms with E-state index in [2.05, 4.69) is 21.2 Å². The number of carbonyl (C=O) groups is 2. The van der Waals surface area contributed by atoms with Crippen LogP contribution in [-0.4, -0.2) is 50.0 Å². The first-order valence-corrected chi connectivity index (χ1v) is 16.0. The van der Waals surface area contributed by atoms with E-state index in [0.29, 0.717) is 5.69 Å². The number of nitrogens with zero attached hydrogens (tertiary/aromatic N) is 2. The van der Waals surface area contributed by atoms with Crippen molar-refractivity contribution in [1.82, 2.24) is 10.2 Å². The van der Waals surface area contributed by atoms with Crippen molar-refractivity contribution >= 4 is 43.5 Å². The Labute approximate surface area is 246 Å². The fraction of sp³-hybridized carbons (Fsp3) is 0.355. The number of anilines is 1. The molecule has 3 rings (SSSR count). The molecule has 3 aromatic rings. The Morgan fingerprint density at radius 3 is 2.17 bits per heavy atom. The van der Waals surface area contributed by atoms with Crippen LogP contribution in [0, 0.1) is 13.8 Å². The average Bonchev–Trinajstić information content (AvgIpc) is 2.91. The monoisotopic (exact) mass is 627 g/mol. The highest BCUT2D eigenvalue weighted by Crippen LogP contribution is 2.25. The van der Waals surface area contributed by atoms with Crippen LogP contribution < -0.4 is 9.62 Å². The molecule has 2 atom stereocenters. The van der Waals surface area contributed by atoms with Crippen LogP contribution in [0.4, 0.5) is 5.69 Å². The van der Waals surface area contributed by atoms with Gasteiger partial charge in [-0.05, 0) is 62.1 Å². The first kappa shape index (κ1) is 31.4. The molecule has 3 aromatic carbocycles. The Morgan fingerprint density at radius 1 is 0.950 bits per heavy atom. The molecule has 0 radical (unpaired) electrons. The number of carbonyl (C=O) groups excluding carboxylic acids is 2. The molecular formula is C31H38BrN3O4S. The van der Waals surface area contributed by atoms with Crippen LogP contribution in [0.2, 0.25) is 0 Å². The molecule has 0 heterocycles. The quantitative estimate of drug-likeness (QED) is 0.292. The number of halogens is 1. The lowest BCUT2D eigenvalue weighted by Gasteiger charge is -2.34. The maximum absolute atomic E-state index is 14.1. The van der Waals surface area contributed by atoms with Gasteiger partial charge in [0.2, 0.25) is 21.8 Å². The van der Waals surface area contributed by atoms with E-state index >= 15 is 0 Å². The second-order valence-corrected chi connectivity index (χ2v) is 13.0. The van der Waals surface area contributed by atoms with E-state index in [9.17, 15) is 18.0 Å². The highest BCUT2D eigenvalue weighted by atomic mass is 79.9. The van der Waals surface area contributed by atoms with Gasteiger partial charge in [0.25, 0.3) is 0 Å². The first-order chi connectivity index (χ1) is 18.9. The van der Waals surface area contributed by atoms with Crippen molar-refractivity contribution in [2.45, 2.75) is 59.2 Å². The summed E-state index contributed by atoms with van der Waals surface area (Å²) in [4.78, 5) is 29.3. The van der Waals surface area contributed by atoms with Gasteiger partial charge in [0, 0.05) is 23.5 Å². The summed E-state index contributed by atoms with van der Waals surface area (Å²) in [7, 11) is -3.81. The summed E-state index contributed by atoms with van der Waals surface area (Å²) >= 11 is 3.45. The van der Waals surface area contributed by atoms with Gasteiger partial charge < -0.3 is 10.2 Å². The summed E-state index contributed by atoms with van der Waals surface area (Å²) < 4.78 is 27.8. The van der Waals surface area contributed by atoms with Crippen molar-refractivity contribution in [3.05, 3.63) is 99.5 Å². The highest BCUT2D eigenvalue weighted by Gasteiger charge is 2.33. The standard InChI is InChI=1S/C31H38BrN3O4S/c1-6-24(4)33-31(37)29(19-25-10-8-7-9-11-25)34(20-26-14-12-22(2)13-15-26)30(36)21-35(40(5,38)39)27-16-17-28(32)23(3)18-27/h7-18,24,29H,6,19-21H2,1-5H3,(H,33,37)/t24-,29+/m0/s1. The zero-order chi connectivity index (χ0) is 29.4. The second-order valence-electron chi connectivity index (χ2n) is 10.2. The van der Waals surface area contributed by atoms with Crippen LogP contribution in [0.25, 0.3) is 0 Å². The van der Waals surface area contributed by atoms with E-state index in [-0.39, 0.29) is 24.9 Å². The molecule has 9 heteroatoms. The zero-order valence-electron chi connectivity index (χ0n) is 23.7. The number of sulfonamides is 1. The molecule has 0 aromatic heterocycles. The predicted octanol–water partition coefficient (Wildman–Crippen LogP) is 5.39. The van der Waals surface area contributed by atoms with Crippen LogP contribution in [0.3, 0.4) is 0 Å². The maximum atomic E-state index is 14.1. The molecule has 0 unspecified atom stereocenters. The Balaban J connectivity index is 2.06. The largest absolute Gasteiger partial charge is 0.352 e. The van der Waals surface area contributed by atoms with Gasteiger partial charge in [-0.25, -0.2) is 8.42 Å². The van der Waals surface area contributed by atoms with Crippen LogP contribution in [0.15, 0.2) is 77.3 Å². The molecule has 0 aliphatic carbocycles. The number of hydrogen-bond donors (Lipinski definition) is 1. The number of benzene rings is 3. The van der Waals surface area contributed by atoms with Crippen molar-refractivity contribution in [3.63, 3.8) is 0 Å². The number of amides is 2. The highest BCUT2D eigenvalue weighted by molar-refractivity contribution is 9.10. The van der Waals surface area contributed by atoms with Gasteiger partial charge in [0.1, 0.15) is 12.6 Å². The molecule has 40 heavy (non-hydrogen) atoms. The van der Waals surface area contributed by atoms with E-state index in [1.165, 1.54) is 4.90 Å². The topological polar surface area (TPSA) is 86.8 Å². The van der Waals surface area contributed by atoms with Crippen molar-refractivity contribution in [3.8, 4) is 0 Å². The Hall–Kier alpha value is -3.17. The molecular weight excluding hydrogens is 590 g/mol. The minimum Gasteiger partial charge on any atom is -0.352 e. The summed E-state index contributed by atoms with van der Waals surface area (Å²) in [5.41, 5.74) is 4.04. The number of hydrogen-bond acceptors (Lipinski definition) is 4. The third-order valence-corrected chi connectivity index (χ3v) is 8.88. The number of aryl methyl sites for hydroxylation is 2. The number of rotatable bonds is 12. The first-order valence-electron chi connectivity index (χ1n) is 13.3. The van der Waals surface area contributed by atoms with E-state index < -0.39 is 28.5 Å². The van der Waals surface area contributed by atoms with Crippen LogP contribution in [0.1, 0.15) is 42.5 Å². The Kier molecular flexibility index (Phi) is 10.9. The Morgan fingerprint density at radius 2 is 1.60 bits per heavy atom. The molecule has 214 valence electrons.